The minimum absolute atomic E-state index is 0.0310. The van der Waals surface area contributed by atoms with E-state index in [1.54, 1.807) is 4.90 Å². The van der Waals surface area contributed by atoms with Crippen LogP contribution >= 0.6 is 0 Å². The van der Waals surface area contributed by atoms with Crippen molar-refractivity contribution in [1.82, 2.24) is 0 Å². The Morgan fingerprint density at radius 2 is 1.88 bits per heavy atom. The number of carbonyl (C=O) groups is 1. The van der Waals surface area contributed by atoms with Gasteiger partial charge in [-0.15, -0.1) is 0 Å². The molecule has 4 nitrogen and oxygen atoms in total. The average molecular weight is 242 g/mol. The third kappa shape index (κ3) is 3.42. The first-order valence-corrected chi connectivity index (χ1v) is 7.14. The Bertz CT molecular complexity index is 244. The Hall–Kier alpha value is -0.610. The molecule has 0 amide bonds. The molecular formula is C13H26N2O2+2. The lowest BCUT2D eigenvalue weighted by molar-refractivity contribution is -0.937. The lowest BCUT2D eigenvalue weighted by atomic mass is 9.94. The Morgan fingerprint density at radius 3 is 2.47 bits per heavy atom. The van der Waals surface area contributed by atoms with Gasteiger partial charge in [0.15, 0.2) is 0 Å². The third-order valence-electron chi connectivity index (χ3n) is 4.26. The standard InChI is InChI=1S/C13H24N2O2/c1-2-17-13(16)11-5-9-15(10-6-11)12-3-7-14-8-4-12/h11-12,14H,2-10H2,1H3/p+2. The van der Waals surface area contributed by atoms with E-state index in [2.05, 4.69) is 5.32 Å². The van der Waals surface area contributed by atoms with Gasteiger partial charge >= 0.3 is 5.97 Å². The fraction of sp³-hybridized carbons (Fsp3) is 0.923. The molecule has 0 aromatic heterocycles. The predicted octanol–water partition coefficient (Wildman–Crippen LogP) is -1.43. The van der Waals surface area contributed by atoms with Gasteiger partial charge < -0.3 is 15.0 Å². The molecule has 0 spiro atoms. The summed E-state index contributed by atoms with van der Waals surface area (Å²) in [6, 6.07) is 0.850. The van der Waals surface area contributed by atoms with Gasteiger partial charge in [-0.3, -0.25) is 4.79 Å². The second kappa shape index (κ2) is 6.36. The highest BCUT2D eigenvalue weighted by Crippen LogP contribution is 2.12. The van der Waals surface area contributed by atoms with Crippen molar-refractivity contribution < 1.29 is 19.7 Å². The van der Waals surface area contributed by atoms with Crippen LogP contribution in [0.2, 0.25) is 0 Å². The largest absolute Gasteiger partial charge is 0.466 e. The summed E-state index contributed by atoms with van der Waals surface area (Å²) in [6.07, 6.45) is 4.74. The highest BCUT2D eigenvalue weighted by Gasteiger charge is 2.33. The van der Waals surface area contributed by atoms with Crippen LogP contribution in [0.15, 0.2) is 0 Å². The Labute approximate surface area is 104 Å². The van der Waals surface area contributed by atoms with E-state index in [9.17, 15) is 4.79 Å². The summed E-state index contributed by atoms with van der Waals surface area (Å²) in [4.78, 5) is 13.4. The molecule has 0 aromatic carbocycles. The summed E-state index contributed by atoms with van der Waals surface area (Å²) in [7, 11) is 0. The fourth-order valence-corrected chi connectivity index (χ4v) is 3.23. The Kier molecular flexibility index (Phi) is 4.80. The van der Waals surface area contributed by atoms with Crippen LogP contribution in [0.5, 0.6) is 0 Å². The SMILES string of the molecule is CCOC(=O)C1CC[NH+](C2CC[NH2+]CC2)CC1. The fourth-order valence-electron chi connectivity index (χ4n) is 3.23. The lowest BCUT2D eigenvalue weighted by Crippen LogP contribution is -3.18. The molecule has 4 heteroatoms. The van der Waals surface area contributed by atoms with Gasteiger partial charge in [-0.25, -0.2) is 0 Å². The van der Waals surface area contributed by atoms with Crippen LogP contribution in [0, 0.1) is 5.92 Å². The molecule has 0 radical (unpaired) electrons. The van der Waals surface area contributed by atoms with Crippen molar-refractivity contribution in [3.63, 3.8) is 0 Å². The molecule has 2 aliphatic rings. The van der Waals surface area contributed by atoms with Crippen LogP contribution in [0.25, 0.3) is 0 Å². The summed E-state index contributed by atoms with van der Waals surface area (Å²) in [5.41, 5.74) is 0. The maximum atomic E-state index is 11.6. The van der Waals surface area contributed by atoms with E-state index in [1.165, 1.54) is 25.9 Å². The summed E-state index contributed by atoms with van der Waals surface area (Å²) in [5, 5.41) is 2.42. The highest BCUT2D eigenvalue weighted by molar-refractivity contribution is 5.72. The van der Waals surface area contributed by atoms with Crippen LogP contribution in [-0.2, 0) is 9.53 Å². The topological polar surface area (TPSA) is 47.4 Å². The zero-order valence-corrected chi connectivity index (χ0v) is 10.9. The zero-order chi connectivity index (χ0) is 12.1. The van der Waals surface area contributed by atoms with E-state index in [0.29, 0.717) is 6.61 Å². The molecule has 0 aromatic rings. The minimum Gasteiger partial charge on any atom is -0.466 e. The second-order valence-corrected chi connectivity index (χ2v) is 5.32. The first-order valence-electron chi connectivity index (χ1n) is 7.14. The highest BCUT2D eigenvalue weighted by atomic mass is 16.5. The average Bonchev–Trinajstić information content (AvgIpc) is 2.40. The number of carbonyl (C=O) groups excluding carboxylic acids is 1. The van der Waals surface area contributed by atoms with E-state index < -0.39 is 0 Å². The molecule has 0 bridgehead atoms. The van der Waals surface area contributed by atoms with E-state index in [-0.39, 0.29) is 11.9 Å². The lowest BCUT2D eigenvalue weighted by Gasteiger charge is -2.35. The number of esters is 1. The van der Waals surface area contributed by atoms with Gasteiger partial charge in [0, 0.05) is 25.7 Å². The summed E-state index contributed by atoms with van der Waals surface area (Å²) in [6.45, 7) is 7.30. The molecule has 0 saturated carbocycles. The smallest absolute Gasteiger partial charge is 0.309 e. The van der Waals surface area contributed by atoms with Crippen LogP contribution in [0.4, 0.5) is 0 Å². The first kappa shape index (κ1) is 12.8. The number of rotatable bonds is 3. The van der Waals surface area contributed by atoms with Gasteiger partial charge in [0.1, 0.15) is 0 Å². The summed E-state index contributed by atoms with van der Waals surface area (Å²) < 4.78 is 5.11. The van der Waals surface area contributed by atoms with Crippen LogP contribution < -0.4 is 10.2 Å². The van der Waals surface area contributed by atoms with E-state index in [0.717, 1.165) is 32.0 Å². The normalized spacial score (nSPS) is 31.1. The monoisotopic (exact) mass is 242 g/mol. The van der Waals surface area contributed by atoms with Crippen molar-refractivity contribution in [2.45, 2.75) is 38.6 Å². The maximum absolute atomic E-state index is 11.6. The van der Waals surface area contributed by atoms with Gasteiger partial charge in [0.25, 0.3) is 0 Å². The van der Waals surface area contributed by atoms with E-state index in [4.69, 9.17) is 4.74 Å². The van der Waals surface area contributed by atoms with Gasteiger partial charge in [-0.2, -0.15) is 0 Å². The van der Waals surface area contributed by atoms with Gasteiger partial charge in [0.05, 0.1) is 44.7 Å². The molecule has 2 saturated heterocycles. The number of hydrogen-bond acceptors (Lipinski definition) is 2. The molecule has 0 atom stereocenters. The Morgan fingerprint density at radius 1 is 1.24 bits per heavy atom. The molecule has 2 rings (SSSR count). The number of likely N-dealkylation sites (tertiary alicyclic amines) is 1. The molecule has 3 N–H and O–H groups in total. The van der Waals surface area contributed by atoms with E-state index >= 15 is 0 Å². The quantitative estimate of drug-likeness (QED) is 0.596. The van der Waals surface area contributed by atoms with Crippen molar-refractivity contribution in [2.24, 2.45) is 5.92 Å². The molecule has 0 aliphatic carbocycles. The number of quaternary nitrogens is 2. The minimum atomic E-state index is 0.0310. The number of piperidine rings is 2. The summed E-state index contributed by atoms with van der Waals surface area (Å²) >= 11 is 0. The predicted molar refractivity (Wildman–Crippen MR) is 64.7 cm³/mol. The van der Waals surface area contributed by atoms with Crippen molar-refractivity contribution in [1.29, 1.82) is 0 Å². The van der Waals surface area contributed by atoms with Gasteiger partial charge in [-0.05, 0) is 6.92 Å². The number of ether oxygens (including phenoxy) is 1. The summed E-state index contributed by atoms with van der Waals surface area (Å²) in [5.74, 6) is 0.206. The van der Waals surface area contributed by atoms with Crippen molar-refractivity contribution in [2.75, 3.05) is 32.8 Å². The molecule has 2 fully saturated rings. The van der Waals surface area contributed by atoms with Crippen molar-refractivity contribution >= 4 is 5.97 Å². The maximum Gasteiger partial charge on any atom is 0.309 e. The number of hydrogen-bond donors (Lipinski definition) is 2. The zero-order valence-electron chi connectivity index (χ0n) is 10.9. The third-order valence-corrected chi connectivity index (χ3v) is 4.26. The molecule has 17 heavy (non-hydrogen) atoms. The van der Waals surface area contributed by atoms with E-state index in [1.807, 2.05) is 6.92 Å². The second-order valence-electron chi connectivity index (χ2n) is 5.32. The van der Waals surface area contributed by atoms with Gasteiger partial charge in [-0.1, -0.05) is 0 Å². The molecule has 2 heterocycles. The van der Waals surface area contributed by atoms with Crippen LogP contribution in [0.3, 0.4) is 0 Å². The van der Waals surface area contributed by atoms with Crippen LogP contribution in [0.1, 0.15) is 32.6 Å². The molecular weight excluding hydrogens is 216 g/mol. The first-order chi connectivity index (χ1) is 8.31. The molecule has 0 unspecified atom stereocenters. The van der Waals surface area contributed by atoms with Crippen LogP contribution in [-0.4, -0.2) is 44.8 Å². The number of nitrogens with one attached hydrogen (secondary N) is 1. The Balaban J connectivity index is 1.75. The molecule has 2 aliphatic heterocycles. The van der Waals surface area contributed by atoms with Crippen molar-refractivity contribution in [3.05, 3.63) is 0 Å². The number of nitrogens with two attached hydrogens (primary N) is 1. The van der Waals surface area contributed by atoms with Crippen molar-refractivity contribution in [3.8, 4) is 0 Å². The van der Waals surface area contributed by atoms with Gasteiger partial charge in [0.2, 0.25) is 0 Å². The molecule has 98 valence electrons.